The molecule has 0 fully saturated rings. The molecule has 4 aromatic carbocycles. The second kappa shape index (κ2) is 6.17. The number of aldehydes is 3. The van der Waals surface area contributed by atoms with Gasteiger partial charge < -0.3 is 15.0 Å². The lowest BCUT2D eigenvalue weighted by atomic mass is 10.0. The molecule has 156 valence electrons. The number of carbonyl (C=O) groups excluding carboxylic acids is 3. The Hall–Kier alpha value is -4.71. The van der Waals surface area contributed by atoms with Crippen LogP contribution in [-0.4, -0.2) is 33.8 Å². The van der Waals surface area contributed by atoms with Crippen molar-refractivity contribution in [1.82, 2.24) is 15.0 Å². The predicted molar refractivity (Wildman–Crippen MR) is 131 cm³/mol. The number of rotatable bonds is 3. The number of carbonyl (C=O) groups is 3. The Balaban J connectivity index is 1.81. The van der Waals surface area contributed by atoms with Crippen LogP contribution >= 0.6 is 0 Å². The van der Waals surface area contributed by atoms with E-state index < -0.39 is 0 Å². The van der Waals surface area contributed by atoms with Crippen LogP contribution in [0.25, 0.3) is 65.4 Å². The molecule has 0 radical (unpaired) electrons. The zero-order valence-electron chi connectivity index (χ0n) is 17.2. The van der Waals surface area contributed by atoms with Crippen LogP contribution in [0.4, 0.5) is 0 Å². The fourth-order valence-corrected chi connectivity index (χ4v) is 5.21. The highest BCUT2D eigenvalue weighted by molar-refractivity contribution is 6.39. The van der Waals surface area contributed by atoms with E-state index >= 15 is 0 Å². The number of aromatic nitrogens is 3. The minimum Gasteiger partial charge on any atom is -0.354 e. The summed E-state index contributed by atoms with van der Waals surface area (Å²) in [4.78, 5) is 44.7. The quantitative estimate of drug-likeness (QED) is 0.299. The third-order valence-electron chi connectivity index (χ3n) is 6.63. The summed E-state index contributed by atoms with van der Waals surface area (Å²) in [6, 6.07) is 16.9. The molecule has 0 saturated heterocycles. The third kappa shape index (κ3) is 2.24. The summed E-state index contributed by atoms with van der Waals surface area (Å²) in [5.41, 5.74) is 7.22. The number of H-pyrrole nitrogens is 3. The first-order chi connectivity index (χ1) is 16.2. The van der Waals surface area contributed by atoms with Crippen molar-refractivity contribution >= 4 is 84.3 Å². The maximum atomic E-state index is 11.4. The third-order valence-corrected chi connectivity index (χ3v) is 6.63. The molecule has 0 aliphatic heterocycles. The van der Waals surface area contributed by atoms with E-state index in [0.29, 0.717) is 16.7 Å². The van der Waals surface area contributed by atoms with E-state index in [1.807, 2.05) is 54.6 Å². The predicted octanol–water partition coefficient (Wildman–Crippen LogP) is 6.03. The molecule has 3 aromatic heterocycles. The Kier molecular flexibility index (Phi) is 3.35. The number of nitrogens with one attached hydrogen (secondary N) is 3. The number of hydrogen-bond acceptors (Lipinski definition) is 3. The van der Waals surface area contributed by atoms with Gasteiger partial charge in [0.2, 0.25) is 0 Å². The van der Waals surface area contributed by atoms with Crippen LogP contribution in [0.15, 0.2) is 54.6 Å². The van der Waals surface area contributed by atoms with Crippen molar-refractivity contribution in [2.75, 3.05) is 0 Å². The maximum Gasteiger partial charge on any atom is 0.150 e. The molecule has 33 heavy (non-hydrogen) atoms. The van der Waals surface area contributed by atoms with Crippen molar-refractivity contribution in [3.05, 3.63) is 71.3 Å². The fourth-order valence-electron chi connectivity index (χ4n) is 5.21. The van der Waals surface area contributed by atoms with Crippen LogP contribution < -0.4 is 0 Å². The van der Waals surface area contributed by atoms with Gasteiger partial charge in [0.25, 0.3) is 0 Å². The number of fused-ring (bicyclic) bond motifs is 12. The Morgan fingerprint density at radius 1 is 0.455 bits per heavy atom. The SMILES string of the molecule is O=Cc1ccc2c(c1)[nH]c1c3[nH]c4cc(C=O)ccc4c3c3c4ccc(C=O)cc4[nH]c3c21. The maximum absolute atomic E-state index is 11.4. The van der Waals surface area contributed by atoms with Crippen LogP contribution in [0, 0.1) is 0 Å². The average molecular weight is 429 g/mol. The van der Waals surface area contributed by atoms with E-state index in [4.69, 9.17) is 0 Å². The second-order valence-electron chi connectivity index (χ2n) is 8.39. The Labute approximate surface area is 185 Å². The lowest BCUT2D eigenvalue weighted by Crippen LogP contribution is -1.79. The molecule has 0 amide bonds. The molecular formula is C27H15N3O3. The van der Waals surface area contributed by atoms with Gasteiger partial charge in [-0.2, -0.15) is 0 Å². The first kappa shape index (κ1) is 17.9. The van der Waals surface area contributed by atoms with E-state index in [2.05, 4.69) is 15.0 Å². The molecule has 0 aliphatic rings. The first-order valence-electron chi connectivity index (χ1n) is 10.5. The molecule has 0 spiro atoms. The van der Waals surface area contributed by atoms with Gasteiger partial charge in [0.05, 0.1) is 16.6 Å². The molecule has 0 atom stereocenters. The Morgan fingerprint density at radius 3 is 1.27 bits per heavy atom. The van der Waals surface area contributed by atoms with Gasteiger partial charge in [0.15, 0.2) is 0 Å². The lowest BCUT2D eigenvalue weighted by molar-refractivity contribution is 0.111. The standard InChI is InChI=1S/C27H15N3O3/c31-10-13-1-4-16-19(7-13)28-25-22(16)23-17-5-2-14(11-32)8-20(17)29-26(23)27-24(25)18-6-3-15(12-33)9-21(18)30-27/h1-12,28-30H. The Bertz CT molecular complexity index is 1980. The topological polar surface area (TPSA) is 98.6 Å². The molecule has 0 aliphatic carbocycles. The molecule has 7 rings (SSSR count). The van der Waals surface area contributed by atoms with Crippen molar-refractivity contribution in [2.45, 2.75) is 0 Å². The molecular weight excluding hydrogens is 414 g/mol. The summed E-state index contributed by atoms with van der Waals surface area (Å²) in [7, 11) is 0. The number of aromatic amines is 3. The second-order valence-corrected chi connectivity index (χ2v) is 8.39. The average Bonchev–Trinajstić information content (AvgIpc) is 3.52. The van der Waals surface area contributed by atoms with Crippen molar-refractivity contribution < 1.29 is 14.4 Å². The molecule has 7 aromatic rings. The summed E-state index contributed by atoms with van der Waals surface area (Å²) in [6.07, 6.45) is 2.52. The van der Waals surface area contributed by atoms with Gasteiger partial charge in [-0.05, 0) is 18.2 Å². The van der Waals surface area contributed by atoms with Crippen molar-refractivity contribution in [3.63, 3.8) is 0 Å². The van der Waals surface area contributed by atoms with Crippen molar-refractivity contribution in [3.8, 4) is 0 Å². The van der Waals surface area contributed by atoms with E-state index in [1.54, 1.807) is 0 Å². The lowest BCUT2D eigenvalue weighted by Gasteiger charge is -2.01. The summed E-state index contributed by atoms with van der Waals surface area (Å²) in [5.74, 6) is 0. The molecule has 0 bridgehead atoms. The normalized spacial score (nSPS) is 12.0. The molecule has 3 heterocycles. The van der Waals surface area contributed by atoms with Gasteiger partial charge >= 0.3 is 0 Å². The van der Waals surface area contributed by atoms with Crippen LogP contribution in [0.3, 0.4) is 0 Å². The summed E-state index contributed by atoms with van der Waals surface area (Å²) < 4.78 is 0. The number of benzene rings is 4. The summed E-state index contributed by atoms with van der Waals surface area (Å²) in [6.45, 7) is 0. The molecule has 0 saturated carbocycles. The van der Waals surface area contributed by atoms with Gasteiger partial charge in [-0.1, -0.05) is 36.4 Å². The number of hydrogen-bond donors (Lipinski definition) is 3. The van der Waals surface area contributed by atoms with Gasteiger partial charge in [-0.15, -0.1) is 0 Å². The Morgan fingerprint density at radius 2 is 0.818 bits per heavy atom. The van der Waals surface area contributed by atoms with Crippen molar-refractivity contribution in [1.29, 1.82) is 0 Å². The van der Waals surface area contributed by atoms with E-state index in [0.717, 1.165) is 84.3 Å². The van der Waals surface area contributed by atoms with Gasteiger partial charge in [-0.25, -0.2) is 0 Å². The summed E-state index contributed by atoms with van der Waals surface area (Å²) >= 11 is 0. The van der Waals surface area contributed by atoms with Crippen LogP contribution in [0.1, 0.15) is 31.1 Å². The van der Waals surface area contributed by atoms with E-state index in [-0.39, 0.29) is 0 Å². The molecule has 3 N–H and O–H groups in total. The van der Waals surface area contributed by atoms with Gasteiger partial charge in [0, 0.05) is 65.6 Å². The smallest absolute Gasteiger partial charge is 0.150 e. The van der Waals surface area contributed by atoms with E-state index in [9.17, 15) is 14.4 Å². The summed E-state index contributed by atoms with van der Waals surface area (Å²) in [5, 5.41) is 6.12. The highest BCUT2D eigenvalue weighted by Crippen LogP contribution is 2.44. The van der Waals surface area contributed by atoms with E-state index in [1.165, 1.54) is 0 Å². The van der Waals surface area contributed by atoms with Gasteiger partial charge in [0.1, 0.15) is 18.9 Å². The van der Waals surface area contributed by atoms with Crippen LogP contribution in [0.2, 0.25) is 0 Å². The minimum absolute atomic E-state index is 0.598. The van der Waals surface area contributed by atoms with Gasteiger partial charge in [-0.3, -0.25) is 14.4 Å². The van der Waals surface area contributed by atoms with Crippen molar-refractivity contribution in [2.24, 2.45) is 0 Å². The fraction of sp³-hybridized carbons (Fsp3) is 0. The molecule has 6 heteroatoms. The zero-order valence-corrected chi connectivity index (χ0v) is 17.2. The molecule has 0 unspecified atom stereocenters. The minimum atomic E-state index is 0.598. The first-order valence-corrected chi connectivity index (χ1v) is 10.5. The largest absolute Gasteiger partial charge is 0.354 e. The highest BCUT2D eigenvalue weighted by atomic mass is 16.1. The highest BCUT2D eigenvalue weighted by Gasteiger charge is 2.21. The monoisotopic (exact) mass is 429 g/mol. The molecule has 6 nitrogen and oxygen atoms in total. The van der Waals surface area contributed by atoms with Crippen LogP contribution in [-0.2, 0) is 0 Å². The van der Waals surface area contributed by atoms with Crippen LogP contribution in [0.5, 0.6) is 0 Å². The zero-order chi connectivity index (χ0) is 22.3.